The maximum absolute atomic E-state index is 13.0. The van der Waals surface area contributed by atoms with E-state index in [1.165, 1.54) is 18.3 Å². The SMILES string of the molecule is COc1ccc(Oc2cc(F)ccc2Br)nc1. The van der Waals surface area contributed by atoms with E-state index in [1.54, 1.807) is 25.3 Å². The molecule has 17 heavy (non-hydrogen) atoms. The Bertz CT molecular complexity index is 516. The first kappa shape index (κ1) is 11.9. The quantitative estimate of drug-likeness (QED) is 0.864. The summed E-state index contributed by atoms with van der Waals surface area (Å²) in [5.41, 5.74) is 0. The van der Waals surface area contributed by atoms with E-state index in [4.69, 9.17) is 9.47 Å². The van der Waals surface area contributed by atoms with Gasteiger partial charge < -0.3 is 9.47 Å². The van der Waals surface area contributed by atoms with Crippen LogP contribution in [0.25, 0.3) is 0 Å². The monoisotopic (exact) mass is 297 g/mol. The Balaban J connectivity index is 2.22. The molecule has 0 unspecified atom stereocenters. The van der Waals surface area contributed by atoms with Crippen molar-refractivity contribution in [3.05, 3.63) is 46.8 Å². The summed E-state index contributed by atoms with van der Waals surface area (Å²) in [7, 11) is 1.56. The Morgan fingerprint density at radius 1 is 1.24 bits per heavy atom. The number of pyridine rings is 1. The highest BCUT2D eigenvalue weighted by atomic mass is 79.9. The van der Waals surface area contributed by atoms with Crippen molar-refractivity contribution in [2.24, 2.45) is 0 Å². The lowest BCUT2D eigenvalue weighted by Gasteiger charge is -2.07. The predicted octanol–water partition coefficient (Wildman–Crippen LogP) is 3.78. The standard InChI is InChI=1S/C12H9BrFNO2/c1-16-9-3-5-12(15-7-9)17-11-6-8(14)2-4-10(11)13/h2-7H,1H3. The minimum atomic E-state index is -0.364. The number of nitrogens with zero attached hydrogens (tertiary/aromatic N) is 1. The summed E-state index contributed by atoms with van der Waals surface area (Å²) in [5, 5.41) is 0. The van der Waals surface area contributed by atoms with Crippen LogP contribution >= 0.6 is 15.9 Å². The van der Waals surface area contributed by atoms with Gasteiger partial charge in [-0.3, -0.25) is 0 Å². The summed E-state index contributed by atoms with van der Waals surface area (Å²) in [6.07, 6.45) is 1.53. The molecule has 0 amide bonds. The number of hydrogen-bond acceptors (Lipinski definition) is 3. The fraction of sp³-hybridized carbons (Fsp3) is 0.0833. The molecule has 3 nitrogen and oxygen atoms in total. The van der Waals surface area contributed by atoms with Crippen molar-refractivity contribution in [2.45, 2.75) is 0 Å². The Hall–Kier alpha value is -1.62. The van der Waals surface area contributed by atoms with Crippen molar-refractivity contribution in [1.82, 2.24) is 4.98 Å². The van der Waals surface area contributed by atoms with Crippen LogP contribution in [0.2, 0.25) is 0 Å². The first-order chi connectivity index (χ1) is 8.19. The van der Waals surface area contributed by atoms with E-state index in [0.717, 1.165) is 0 Å². The molecule has 0 fully saturated rings. The molecule has 0 N–H and O–H groups in total. The Kier molecular flexibility index (Phi) is 3.58. The van der Waals surface area contributed by atoms with E-state index < -0.39 is 0 Å². The molecule has 1 heterocycles. The lowest BCUT2D eigenvalue weighted by molar-refractivity contribution is 0.407. The number of methoxy groups -OCH3 is 1. The van der Waals surface area contributed by atoms with Crippen LogP contribution in [-0.4, -0.2) is 12.1 Å². The molecule has 0 saturated carbocycles. The van der Waals surface area contributed by atoms with Crippen LogP contribution < -0.4 is 9.47 Å². The minimum Gasteiger partial charge on any atom is -0.495 e. The fourth-order valence-corrected chi connectivity index (χ4v) is 1.54. The summed E-state index contributed by atoms with van der Waals surface area (Å²) in [6, 6.07) is 7.58. The normalized spacial score (nSPS) is 10.1. The van der Waals surface area contributed by atoms with Crippen LogP contribution in [0.3, 0.4) is 0 Å². The molecule has 0 spiro atoms. The molecule has 88 valence electrons. The highest BCUT2D eigenvalue weighted by Crippen LogP contribution is 2.29. The molecule has 0 radical (unpaired) electrons. The molecule has 5 heteroatoms. The first-order valence-electron chi connectivity index (χ1n) is 4.82. The van der Waals surface area contributed by atoms with Crippen LogP contribution in [0, 0.1) is 5.82 Å². The van der Waals surface area contributed by atoms with Gasteiger partial charge >= 0.3 is 0 Å². The van der Waals surface area contributed by atoms with Crippen LogP contribution in [-0.2, 0) is 0 Å². The third-order valence-electron chi connectivity index (χ3n) is 2.05. The number of benzene rings is 1. The topological polar surface area (TPSA) is 31.4 Å². The molecule has 0 aliphatic heterocycles. The molecule has 0 atom stereocenters. The molecular weight excluding hydrogens is 289 g/mol. The summed E-state index contributed by atoms with van der Waals surface area (Å²) in [5.74, 6) is 1.02. The van der Waals surface area contributed by atoms with Gasteiger partial charge in [-0.25, -0.2) is 9.37 Å². The summed E-state index contributed by atoms with van der Waals surface area (Å²) >= 11 is 3.27. The van der Waals surface area contributed by atoms with E-state index in [9.17, 15) is 4.39 Å². The van der Waals surface area contributed by atoms with E-state index in [0.29, 0.717) is 21.9 Å². The molecule has 0 aliphatic rings. The van der Waals surface area contributed by atoms with E-state index >= 15 is 0 Å². The highest BCUT2D eigenvalue weighted by Gasteiger charge is 2.05. The maximum Gasteiger partial charge on any atom is 0.219 e. The second-order valence-electron chi connectivity index (χ2n) is 3.21. The smallest absolute Gasteiger partial charge is 0.219 e. The van der Waals surface area contributed by atoms with Crippen LogP contribution in [0.15, 0.2) is 41.0 Å². The Morgan fingerprint density at radius 3 is 2.71 bits per heavy atom. The van der Waals surface area contributed by atoms with Gasteiger partial charge in [-0.1, -0.05) is 0 Å². The van der Waals surface area contributed by atoms with Crippen molar-refractivity contribution < 1.29 is 13.9 Å². The van der Waals surface area contributed by atoms with Crippen molar-refractivity contribution in [3.8, 4) is 17.4 Å². The van der Waals surface area contributed by atoms with Gasteiger partial charge in [-0.15, -0.1) is 0 Å². The van der Waals surface area contributed by atoms with Gasteiger partial charge in [0.2, 0.25) is 5.88 Å². The second kappa shape index (κ2) is 5.14. The predicted molar refractivity (Wildman–Crippen MR) is 65.0 cm³/mol. The van der Waals surface area contributed by atoms with E-state index in [1.807, 2.05) is 0 Å². The molecule has 0 saturated heterocycles. The summed E-state index contributed by atoms with van der Waals surface area (Å²) in [6.45, 7) is 0. The average molecular weight is 298 g/mol. The van der Waals surface area contributed by atoms with Crippen LogP contribution in [0.4, 0.5) is 4.39 Å². The van der Waals surface area contributed by atoms with Gasteiger partial charge in [0.1, 0.15) is 17.3 Å². The van der Waals surface area contributed by atoms with Crippen molar-refractivity contribution >= 4 is 15.9 Å². The van der Waals surface area contributed by atoms with E-state index in [-0.39, 0.29) is 5.82 Å². The molecule has 1 aromatic carbocycles. The van der Waals surface area contributed by atoms with Crippen molar-refractivity contribution in [2.75, 3.05) is 7.11 Å². The molecule has 2 aromatic rings. The molecule has 1 aromatic heterocycles. The van der Waals surface area contributed by atoms with Crippen LogP contribution in [0.5, 0.6) is 17.4 Å². The average Bonchev–Trinajstić information content (AvgIpc) is 2.35. The lowest BCUT2D eigenvalue weighted by atomic mass is 10.3. The molecule has 0 aliphatic carbocycles. The highest BCUT2D eigenvalue weighted by molar-refractivity contribution is 9.10. The second-order valence-corrected chi connectivity index (χ2v) is 4.07. The summed E-state index contributed by atoms with van der Waals surface area (Å²) < 4.78 is 24.1. The number of hydrogen-bond donors (Lipinski definition) is 0. The number of halogens is 2. The zero-order chi connectivity index (χ0) is 12.3. The van der Waals surface area contributed by atoms with Gasteiger partial charge in [0.25, 0.3) is 0 Å². The van der Waals surface area contributed by atoms with Crippen LogP contribution in [0.1, 0.15) is 0 Å². The van der Waals surface area contributed by atoms with Gasteiger partial charge in [-0.05, 0) is 34.1 Å². The van der Waals surface area contributed by atoms with Crippen molar-refractivity contribution in [3.63, 3.8) is 0 Å². The zero-order valence-electron chi connectivity index (χ0n) is 8.98. The van der Waals surface area contributed by atoms with Gasteiger partial charge in [0.15, 0.2) is 0 Å². The number of aromatic nitrogens is 1. The fourth-order valence-electron chi connectivity index (χ4n) is 1.22. The lowest BCUT2D eigenvalue weighted by Crippen LogP contribution is -1.90. The Labute approximate surface area is 106 Å². The molecular formula is C12H9BrFNO2. The van der Waals surface area contributed by atoms with Gasteiger partial charge in [0.05, 0.1) is 17.8 Å². The van der Waals surface area contributed by atoms with Gasteiger partial charge in [-0.2, -0.15) is 0 Å². The van der Waals surface area contributed by atoms with E-state index in [2.05, 4.69) is 20.9 Å². The first-order valence-corrected chi connectivity index (χ1v) is 5.61. The molecule has 2 rings (SSSR count). The Morgan fingerprint density at radius 2 is 2.06 bits per heavy atom. The summed E-state index contributed by atoms with van der Waals surface area (Å²) in [4.78, 5) is 4.03. The largest absolute Gasteiger partial charge is 0.495 e. The maximum atomic E-state index is 13.0. The number of rotatable bonds is 3. The van der Waals surface area contributed by atoms with Crippen molar-refractivity contribution in [1.29, 1.82) is 0 Å². The number of ether oxygens (including phenoxy) is 2. The van der Waals surface area contributed by atoms with Gasteiger partial charge in [0, 0.05) is 12.1 Å². The third kappa shape index (κ3) is 2.94. The third-order valence-corrected chi connectivity index (χ3v) is 2.71. The zero-order valence-corrected chi connectivity index (χ0v) is 10.6. The molecule has 0 bridgehead atoms. The minimum absolute atomic E-state index is 0.364.